The number of rotatable bonds is 7. The molecule has 0 spiro atoms. The Morgan fingerprint density at radius 1 is 1.41 bits per heavy atom. The second kappa shape index (κ2) is 9.98. The van der Waals surface area contributed by atoms with Crippen molar-refractivity contribution in [2.24, 2.45) is 0 Å². The van der Waals surface area contributed by atoms with Crippen LogP contribution < -0.4 is 10.1 Å². The lowest BCUT2D eigenvalue weighted by Gasteiger charge is -2.28. The van der Waals surface area contributed by atoms with Gasteiger partial charge in [-0.15, -0.1) is 24.2 Å². The summed E-state index contributed by atoms with van der Waals surface area (Å²) >= 11 is 1.59. The van der Waals surface area contributed by atoms with Crippen LogP contribution in [-0.4, -0.2) is 49.3 Å². The number of benzene rings is 1. The molecule has 0 aromatic heterocycles. The Morgan fingerprint density at radius 2 is 2.14 bits per heavy atom. The molecule has 1 N–H and O–H groups in total. The maximum Gasteiger partial charge on any atom is 0.233 e. The van der Waals surface area contributed by atoms with Gasteiger partial charge in [0.15, 0.2) is 0 Å². The largest absolute Gasteiger partial charge is 0.497 e. The first kappa shape index (κ1) is 19.1. The molecule has 1 aromatic rings. The third kappa shape index (κ3) is 5.38. The number of hydrogen-bond acceptors (Lipinski definition) is 4. The van der Waals surface area contributed by atoms with E-state index in [1.54, 1.807) is 18.9 Å². The summed E-state index contributed by atoms with van der Waals surface area (Å²) in [4.78, 5) is 15.6. The van der Waals surface area contributed by atoms with Crippen molar-refractivity contribution in [3.63, 3.8) is 0 Å². The van der Waals surface area contributed by atoms with Crippen molar-refractivity contribution in [3.8, 4) is 5.75 Å². The first-order valence-corrected chi connectivity index (χ1v) is 8.50. The van der Waals surface area contributed by atoms with Crippen LogP contribution in [0.25, 0.3) is 0 Å². The molecule has 1 heterocycles. The maximum absolute atomic E-state index is 12.5. The van der Waals surface area contributed by atoms with Crippen LogP contribution in [0, 0.1) is 0 Å². The molecule has 1 aliphatic rings. The number of methoxy groups -OCH3 is 1. The van der Waals surface area contributed by atoms with Gasteiger partial charge < -0.3 is 15.0 Å². The zero-order valence-electron chi connectivity index (χ0n) is 13.2. The monoisotopic (exact) mass is 344 g/mol. The second-order valence-electron chi connectivity index (χ2n) is 5.20. The van der Waals surface area contributed by atoms with Crippen molar-refractivity contribution in [3.05, 3.63) is 24.3 Å². The molecule has 1 unspecified atom stereocenters. The van der Waals surface area contributed by atoms with Crippen LogP contribution in [0.5, 0.6) is 5.75 Å². The number of carbonyl (C=O) groups is 1. The normalized spacial score (nSPS) is 16.9. The van der Waals surface area contributed by atoms with Crippen LogP contribution in [0.1, 0.15) is 19.8 Å². The third-order valence-corrected chi connectivity index (χ3v) is 4.68. The Hall–Kier alpha value is -0.910. The fourth-order valence-electron chi connectivity index (χ4n) is 2.56. The minimum absolute atomic E-state index is 0. The van der Waals surface area contributed by atoms with Crippen molar-refractivity contribution in [2.75, 3.05) is 32.5 Å². The lowest BCUT2D eigenvalue weighted by Crippen LogP contribution is -2.43. The summed E-state index contributed by atoms with van der Waals surface area (Å²) in [6, 6.07) is 8.22. The Labute approximate surface area is 143 Å². The van der Waals surface area contributed by atoms with Crippen LogP contribution in [0.3, 0.4) is 0 Å². The van der Waals surface area contributed by atoms with Crippen LogP contribution in [0.2, 0.25) is 0 Å². The number of hydrogen-bond donors (Lipinski definition) is 1. The lowest BCUT2D eigenvalue weighted by molar-refractivity contribution is -0.130. The predicted octanol–water partition coefficient (Wildman–Crippen LogP) is 2.81. The lowest BCUT2D eigenvalue weighted by atomic mass is 10.2. The topological polar surface area (TPSA) is 41.6 Å². The smallest absolute Gasteiger partial charge is 0.233 e. The zero-order chi connectivity index (χ0) is 15.1. The minimum Gasteiger partial charge on any atom is -0.497 e. The molecule has 1 amide bonds. The number of nitrogens with one attached hydrogen (secondary N) is 1. The van der Waals surface area contributed by atoms with Gasteiger partial charge in [-0.2, -0.15) is 0 Å². The summed E-state index contributed by atoms with van der Waals surface area (Å²) in [5.41, 5.74) is 0. The first-order chi connectivity index (χ1) is 10.2. The van der Waals surface area contributed by atoms with E-state index < -0.39 is 0 Å². The van der Waals surface area contributed by atoms with E-state index in [4.69, 9.17) is 4.74 Å². The van der Waals surface area contributed by atoms with E-state index in [0.29, 0.717) is 11.8 Å². The number of halogens is 1. The number of nitrogens with zero attached hydrogens (tertiary/aromatic N) is 1. The molecule has 0 radical (unpaired) electrons. The Bertz CT molecular complexity index is 450. The fourth-order valence-corrected chi connectivity index (χ4v) is 3.34. The summed E-state index contributed by atoms with van der Waals surface area (Å²) in [6.45, 7) is 4.93. The summed E-state index contributed by atoms with van der Waals surface area (Å²) in [5, 5.41) is 3.34. The van der Waals surface area contributed by atoms with Gasteiger partial charge in [-0.1, -0.05) is 6.92 Å². The minimum atomic E-state index is 0. The Kier molecular flexibility index (Phi) is 8.68. The van der Waals surface area contributed by atoms with Crippen molar-refractivity contribution >= 4 is 30.1 Å². The van der Waals surface area contributed by atoms with Gasteiger partial charge in [-0.3, -0.25) is 4.79 Å². The molecule has 1 fully saturated rings. The number of ether oxygens (including phenoxy) is 1. The van der Waals surface area contributed by atoms with Gasteiger partial charge in [0.05, 0.1) is 12.9 Å². The summed E-state index contributed by atoms with van der Waals surface area (Å²) in [7, 11) is 1.66. The molecule has 2 rings (SSSR count). The van der Waals surface area contributed by atoms with Gasteiger partial charge >= 0.3 is 0 Å². The van der Waals surface area contributed by atoms with Crippen LogP contribution in [0.15, 0.2) is 29.2 Å². The van der Waals surface area contributed by atoms with Crippen molar-refractivity contribution < 1.29 is 9.53 Å². The van der Waals surface area contributed by atoms with E-state index in [1.807, 2.05) is 24.3 Å². The second-order valence-corrected chi connectivity index (χ2v) is 6.25. The Balaban J connectivity index is 0.00000242. The van der Waals surface area contributed by atoms with E-state index in [9.17, 15) is 4.79 Å². The molecule has 6 heteroatoms. The summed E-state index contributed by atoms with van der Waals surface area (Å²) in [5.74, 6) is 1.59. The molecule has 1 atom stereocenters. The van der Waals surface area contributed by atoms with Gasteiger partial charge in [-0.05, 0) is 43.7 Å². The molecule has 22 heavy (non-hydrogen) atoms. The Morgan fingerprint density at radius 3 is 2.68 bits per heavy atom. The SMILES string of the molecule is CCCN(C(=O)CSc1ccc(OC)cc1)C1CCNC1.Cl. The van der Waals surface area contributed by atoms with Gasteiger partial charge in [0.25, 0.3) is 0 Å². The standard InChI is InChI=1S/C16H24N2O2S.ClH/c1-3-10-18(13-8-9-17-11-13)16(19)12-21-15-6-4-14(20-2)5-7-15;/h4-7,13,17H,3,8-12H2,1-2H3;1H. The molecule has 1 saturated heterocycles. The highest BCUT2D eigenvalue weighted by Gasteiger charge is 2.25. The molecule has 4 nitrogen and oxygen atoms in total. The zero-order valence-corrected chi connectivity index (χ0v) is 14.8. The quantitative estimate of drug-likeness (QED) is 0.772. The third-order valence-electron chi connectivity index (χ3n) is 3.68. The molecule has 0 saturated carbocycles. The predicted molar refractivity (Wildman–Crippen MR) is 94.2 cm³/mol. The molecule has 0 bridgehead atoms. The number of amides is 1. The maximum atomic E-state index is 12.5. The fraction of sp³-hybridized carbons (Fsp3) is 0.562. The van der Waals surface area contributed by atoms with Crippen LogP contribution in [-0.2, 0) is 4.79 Å². The molecule has 0 aliphatic carbocycles. The van der Waals surface area contributed by atoms with E-state index in [-0.39, 0.29) is 18.3 Å². The van der Waals surface area contributed by atoms with Gasteiger partial charge in [0.1, 0.15) is 5.75 Å². The van der Waals surface area contributed by atoms with Gasteiger partial charge in [-0.25, -0.2) is 0 Å². The molecular formula is C16H25ClN2O2S. The molecule has 1 aliphatic heterocycles. The first-order valence-electron chi connectivity index (χ1n) is 7.51. The van der Waals surface area contributed by atoms with E-state index >= 15 is 0 Å². The summed E-state index contributed by atoms with van der Waals surface area (Å²) < 4.78 is 5.14. The highest BCUT2D eigenvalue weighted by atomic mass is 35.5. The van der Waals surface area contributed by atoms with Crippen molar-refractivity contribution in [1.29, 1.82) is 0 Å². The van der Waals surface area contributed by atoms with Gasteiger partial charge in [0, 0.05) is 24.0 Å². The number of carbonyl (C=O) groups excluding carboxylic acids is 1. The number of thioether (sulfide) groups is 1. The van der Waals surface area contributed by atoms with E-state index in [2.05, 4.69) is 17.1 Å². The van der Waals surface area contributed by atoms with Gasteiger partial charge in [0.2, 0.25) is 5.91 Å². The van der Waals surface area contributed by atoms with Crippen LogP contribution >= 0.6 is 24.2 Å². The highest BCUT2D eigenvalue weighted by Crippen LogP contribution is 2.22. The average molecular weight is 345 g/mol. The van der Waals surface area contributed by atoms with Crippen LogP contribution in [0.4, 0.5) is 0 Å². The van der Waals surface area contributed by atoms with Crippen molar-refractivity contribution in [1.82, 2.24) is 10.2 Å². The van der Waals surface area contributed by atoms with E-state index in [1.165, 1.54) is 0 Å². The highest BCUT2D eigenvalue weighted by molar-refractivity contribution is 8.00. The van der Waals surface area contributed by atoms with E-state index in [0.717, 1.165) is 43.1 Å². The molecule has 1 aromatic carbocycles. The molecule has 124 valence electrons. The average Bonchev–Trinajstić information content (AvgIpc) is 3.04. The summed E-state index contributed by atoms with van der Waals surface area (Å²) in [6.07, 6.45) is 2.08. The van der Waals surface area contributed by atoms with Crippen molar-refractivity contribution in [2.45, 2.75) is 30.7 Å². The molecular weight excluding hydrogens is 320 g/mol.